The Morgan fingerprint density at radius 3 is 2.65 bits per heavy atom. The first-order chi connectivity index (χ1) is 10.5. The summed E-state index contributed by atoms with van der Waals surface area (Å²) in [7, 11) is 0. The summed E-state index contributed by atoms with van der Waals surface area (Å²) in [6, 6.07) is 0. The normalized spacial score (nSPS) is 20.3. The molecule has 23 heavy (non-hydrogen) atoms. The fraction of sp³-hybridized carbons (Fsp3) is 0.643. The smallest absolute Gasteiger partial charge is 0.413 e. The van der Waals surface area contributed by atoms with Gasteiger partial charge in [0, 0.05) is 11.3 Å². The van der Waals surface area contributed by atoms with Crippen LogP contribution in [-0.4, -0.2) is 27.8 Å². The van der Waals surface area contributed by atoms with Gasteiger partial charge in [0.05, 0.1) is 5.92 Å². The zero-order valence-electron chi connectivity index (χ0n) is 13.0. The van der Waals surface area contributed by atoms with E-state index in [-0.39, 0.29) is 22.9 Å². The maximum absolute atomic E-state index is 14.1. The van der Waals surface area contributed by atoms with E-state index in [0.717, 1.165) is 11.3 Å². The molecule has 0 aromatic carbocycles. The molecule has 2 rings (SSSR count). The summed E-state index contributed by atoms with van der Waals surface area (Å²) < 4.78 is 33.3. The maximum atomic E-state index is 14.1. The summed E-state index contributed by atoms with van der Waals surface area (Å²) in [5, 5.41) is 11.4. The molecule has 1 unspecified atom stereocenters. The second kappa shape index (κ2) is 6.03. The molecule has 0 saturated carbocycles. The number of halogens is 2. The number of carboxylic acids is 1. The topological polar surface area (TPSA) is 88.5 Å². The number of fused-ring (bicyclic) bond motifs is 1. The Morgan fingerprint density at radius 2 is 2.09 bits per heavy atom. The number of aliphatic carboxylic acids is 1. The molecule has 1 aromatic heterocycles. The summed E-state index contributed by atoms with van der Waals surface area (Å²) in [5.41, 5.74) is -1.17. The summed E-state index contributed by atoms with van der Waals surface area (Å²) in [4.78, 5) is 26.8. The van der Waals surface area contributed by atoms with Crippen molar-refractivity contribution in [3.63, 3.8) is 0 Å². The molecule has 0 radical (unpaired) electrons. The molecule has 1 atom stereocenters. The number of alkyl halides is 2. The molecule has 0 saturated heterocycles. The van der Waals surface area contributed by atoms with E-state index in [1.165, 1.54) is 0 Å². The van der Waals surface area contributed by atoms with Crippen LogP contribution in [0.3, 0.4) is 0 Å². The standard InChI is InChI=1S/C14H18F2N2O4S/c1-13(2,3)22-12(21)18-11-17-9-8(23-11)6-7(10(19)20)4-5-14(9,15)16/h7H,4-6H2,1-3H3,(H,19,20)(H,17,18,21). The summed E-state index contributed by atoms with van der Waals surface area (Å²) in [6.07, 6.45) is -1.50. The number of anilines is 1. The monoisotopic (exact) mass is 348 g/mol. The molecule has 0 fully saturated rings. The van der Waals surface area contributed by atoms with Crippen molar-refractivity contribution in [3.8, 4) is 0 Å². The zero-order valence-corrected chi connectivity index (χ0v) is 13.8. The van der Waals surface area contributed by atoms with Crippen molar-refractivity contribution in [1.29, 1.82) is 0 Å². The molecular formula is C14H18F2N2O4S. The third-order valence-electron chi connectivity index (χ3n) is 3.24. The molecule has 1 aromatic rings. The first kappa shape index (κ1) is 17.6. The van der Waals surface area contributed by atoms with Crippen LogP contribution in [0.5, 0.6) is 0 Å². The van der Waals surface area contributed by atoms with E-state index in [4.69, 9.17) is 9.84 Å². The van der Waals surface area contributed by atoms with Crippen LogP contribution in [0.2, 0.25) is 0 Å². The highest BCUT2D eigenvalue weighted by Crippen LogP contribution is 2.43. The van der Waals surface area contributed by atoms with E-state index in [1.54, 1.807) is 20.8 Å². The number of hydrogen-bond donors (Lipinski definition) is 2. The van der Waals surface area contributed by atoms with Crippen LogP contribution in [0, 0.1) is 5.92 Å². The Hall–Kier alpha value is -1.77. The quantitative estimate of drug-likeness (QED) is 0.797. The predicted molar refractivity (Wildman–Crippen MR) is 79.9 cm³/mol. The number of hydrogen-bond acceptors (Lipinski definition) is 5. The molecule has 0 bridgehead atoms. The zero-order chi connectivity index (χ0) is 17.4. The third kappa shape index (κ3) is 4.37. The lowest BCUT2D eigenvalue weighted by molar-refractivity contribution is -0.142. The Balaban J connectivity index is 2.23. The molecule has 1 amide bonds. The number of amides is 1. The fourth-order valence-corrected chi connectivity index (χ4v) is 3.31. The van der Waals surface area contributed by atoms with Crippen LogP contribution < -0.4 is 5.32 Å². The summed E-state index contributed by atoms with van der Waals surface area (Å²) in [5.74, 6) is -5.19. The van der Waals surface area contributed by atoms with E-state index in [1.807, 2.05) is 0 Å². The van der Waals surface area contributed by atoms with E-state index in [0.29, 0.717) is 0 Å². The molecule has 9 heteroatoms. The predicted octanol–water partition coefficient (Wildman–Crippen LogP) is 3.62. The van der Waals surface area contributed by atoms with Gasteiger partial charge in [0.25, 0.3) is 5.92 Å². The minimum absolute atomic E-state index is 0.0186. The highest BCUT2D eigenvalue weighted by atomic mass is 32.1. The van der Waals surface area contributed by atoms with Gasteiger partial charge in [0.15, 0.2) is 5.13 Å². The number of rotatable bonds is 2. The third-order valence-corrected chi connectivity index (χ3v) is 4.23. The largest absolute Gasteiger partial charge is 0.481 e. The van der Waals surface area contributed by atoms with Gasteiger partial charge in [0.2, 0.25) is 0 Å². The number of nitrogens with zero attached hydrogens (tertiary/aromatic N) is 1. The van der Waals surface area contributed by atoms with E-state index >= 15 is 0 Å². The van der Waals surface area contributed by atoms with Gasteiger partial charge in [-0.15, -0.1) is 11.3 Å². The second-order valence-corrected chi connectivity index (χ2v) is 7.48. The van der Waals surface area contributed by atoms with Gasteiger partial charge in [-0.2, -0.15) is 8.78 Å². The van der Waals surface area contributed by atoms with Crippen molar-refractivity contribution < 1.29 is 28.2 Å². The summed E-state index contributed by atoms with van der Waals surface area (Å²) >= 11 is 0.860. The second-order valence-electron chi connectivity index (χ2n) is 6.40. The van der Waals surface area contributed by atoms with Crippen LogP contribution >= 0.6 is 11.3 Å². The molecule has 6 nitrogen and oxygen atoms in total. The van der Waals surface area contributed by atoms with Gasteiger partial charge in [-0.05, 0) is 33.6 Å². The molecule has 1 aliphatic rings. The minimum atomic E-state index is -3.20. The number of aromatic nitrogens is 1. The minimum Gasteiger partial charge on any atom is -0.481 e. The van der Waals surface area contributed by atoms with Crippen molar-refractivity contribution in [2.24, 2.45) is 5.92 Å². The van der Waals surface area contributed by atoms with Crippen LogP contribution in [0.1, 0.15) is 44.2 Å². The first-order valence-corrected chi connectivity index (χ1v) is 7.90. The Bertz CT molecular complexity index is 625. The van der Waals surface area contributed by atoms with Crippen molar-refractivity contribution >= 4 is 28.5 Å². The lowest BCUT2D eigenvalue weighted by Crippen LogP contribution is -2.27. The van der Waals surface area contributed by atoms with Gasteiger partial charge in [-0.1, -0.05) is 0 Å². The first-order valence-electron chi connectivity index (χ1n) is 7.09. The van der Waals surface area contributed by atoms with Crippen molar-refractivity contribution in [1.82, 2.24) is 4.98 Å². The highest BCUT2D eigenvalue weighted by Gasteiger charge is 2.42. The van der Waals surface area contributed by atoms with E-state index in [2.05, 4.69) is 10.3 Å². The van der Waals surface area contributed by atoms with Gasteiger partial charge in [0.1, 0.15) is 11.3 Å². The van der Waals surface area contributed by atoms with Crippen molar-refractivity contribution in [2.45, 2.75) is 51.6 Å². The number of carbonyl (C=O) groups excluding carboxylic acids is 1. The van der Waals surface area contributed by atoms with Crippen LogP contribution in [0.4, 0.5) is 18.7 Å². The van der Waals surface area contributed by atoms with Gasteiger partial charge in [-0.3, -0.25) is 10.1 Å². The Labute approximate surface area is 135 Å². The van der Waals surface area contributed by atoms with Crippen LogP contribution in [-0.2, 0) is 21.9 Å². The number of nitrogens with one attached hydrogen (secondary N) is 1. The SMILES string of the molecule is CC(C)(C)OC(=O)Nc1nc2c(s1)CC(C(=O)O)CCC2(F)F. The molecule has 1 heterocycles. The Morgan fingerprint density at radius 1 is 1.43 bits per heavy atom. The molecule has 0 spiro atoms. The van der Waals surface area contributed by atoms with Crippen molar-refractivity contribution in [2.75, 3.05) is 5.32 Å². The number of thiazole rings is 1. The average Bonchev–Trinajstić information content (AvgIpc) is 2.69. The van der Waals surface area contributed by atoms with E-state index < -0.39 is 41.6 Å². The number of carboxylic acid groups (broad SMARTS) is 1. The lowest BCUT2D eigenvalue weighted by Gasteiger charge is -2.19. The van der Waals surface area contributed by atoms with Crippen LogP contribution in [0.15, 0.2) is 0 Å². The summed E-state index contributed by atoms with van der Waals surface area (Å²) in [6.45, 7) is 5.03. The molecule has 0 aliphatic heterocycles. The van der Waals surface area contributed by atoms with Gasteiger partial charge in [-0.25, -0.2) is 9.78 Å². The number of ether oxygens (including phenoxy) is 1. The molecular weight excluding hydrogens is 330 g/mol. The Kier molecular flexibility index (Phi) is 4.61. The van der Waals surface area contributed by atoms with E-state index in [9.17, 15) is 18.4 Å². The van der Waals surface area contributed by atoms with Crippen LogP contribution in [0.25, 0.3) is 0 Å². The van der Waals surface area contributed by atoms with Gasteiger partial charge < -0.3 is 9.84 Å². The highest BCUT2D eigenvalue weighted by molar-refractivity contribution is 7.15. The molecule has 1 aliphatic carbocycles. The average molecular weight is 348 g/mol. The molecule has 2 N–H and O–H groups in total. The van der Waals surface area contributed by atoms with Crippen molar-refractivity contribution in [3.05, 3.63) is 10.6 Å². The lowest BCUT2D eigenvalue weighted by atomic mass is 10.0. The maximum Gasteiger partial charge on any atom is 0.413 e. The molecule has 128 valence electrons. The fourth-order valence-electron chi connectivity index (χ4n) is 2.23. The number of carbonyl (C=O) groups is 2. The van der Waals surface area contributed by atoms with Gasteiger partial charge >= 0.3 is 12.1 Å².